The molecule has 26 heavy (non-hydrogen) atoms. The lowest BCUT2D eigenvalue weighted by atomic mass is 10.2. The van der Waals surface area contributed by atoms with Crippen LogP contribution in [-0.4, -0.2) is 21.8 Å². The van der Waals surface area contributed by atoms with Gasteiger partial charge in [0.1, 0.15) is 5.75 Å². The van der Waals surface area contributed by atoms with Crippen molar-refractivity contribution < 1.29 is 9.66 Å². The van der Waals surface area contributed by atoms with Crippen molar-refractivity contribution in [3.05, 3.63) is 74.7 Å². The molecule has 0 amide bonds. The molecule has 132 valence electrons. The molecule has 2 aromatic carbocycles. The number of rotatable bonds is 5. The maximum Gasteiger partial charge on any atom is 0.300 e. The lowest BCUT2D eigenvalue weighted by Gasteiger charge is -2.00. The Labute approximate surface area is 147 Å². The molecule has 0 aliphatic rings. The molecule has 3 aromatic rings. The van der Waals surface area contributed by atoms with E-state index in [1.807, 2.05) is 6.07 Å². The second-order valence-electron chi connectivity index (χ2n) is 5.37. The van der Waals surface area contributed by atoms with Gasteiger partial charge in [-0.05, 0) is 31.2 Å². The van der Waals surface area contributed by atoms with Crippen molar-refractivity contribution in [3.63, 3.8) is 0 Å². The van der Waals surface area contributed by atoms with Crippen LogP contribution in [0.25, 0.3) is 5.69 Å². The van der Waals surface area contributed by atoms with Crippen LogP contribution in [0.5, 0.6) is 5.75 Å². The maximum absolute atomic E-state index is 12.6. The number of ether oxygens (including phenoxy) is 1. The zero-order valence-corrected chi connectivity index (χ0v) is 14.0. The van der Waals surface area contributed by atoms with E-state index in [-0.39, 0.29) is 17.1 Å². The zero-order chi connectivity index (χ0) is 18.7. The predicted octanol–water partition coefficient (Wildman–Crippen LogP) is 3.81. The number of nitrogens with zero attached hydrogens (tertiary/aromatic N) is 4. The molecule has 0 unspecified atom stereocenters. The first-order chi connectivity index (χ1) is 12.5. The van der Waals surface area contributed by atoms with Crippen LogP contribution in [0.3, 0.4) is 0 Å². The fourth-order valence-electron chi connectivity index (χ4n) is 2.38. The van der Waals surface area contributed by atoms with Gasteiger partial charge in [0, 0.05) is 0 Å². The van der Waals surface area contributed by atoms with Crippen LogP contribution in [-0.2, 0) is 0 Å². The van der Waals surface area contributed by atoms with Crippen molar-refractivity contribution >= 4 is 17.1 Å². The van der Waals surface area contributed by atoms with Crippen molar-refractivity contribution in [1.29, 1.82) is 0 Å². The molecule has 0 saturated heterocycles. The monoisotopic (exact) mass is 353 g/mol. The van der Waals surface area contributed by atoms with Gasteiger partial charge >= 0.3 is 0 Å². The van der Waals surface area contributed by atoms with E-state index in [1.54, 1.807) is 31.2 Å². The summed E-state index contributed by atoms with van der Waals surface area (Å²) in [5.74, 6) is 0.333. The number of nitro benzene ring substituents is 1. The summed E-state index contributed by atoms with van der Waals surface area (Å²) >= 11 is 0. The van der Waals surface area contributed by atoms with Crippen molar-refractivity contribution in [2.75, 3.05) is 7.11 Å². The SMILES string of the molecule is COc1ccc(N=Nc2c(C)[nH]n(-c3ccccc3)c2=O)c([N+](=O)[O-])c1. The molecule has 0 aliphatic heterocycles. The fraction of sp³-hybridized carbons (Fsp3) is 0.118. The number of hydrogen-bond donors (Lipinski definition) is 1. The number of H-pyrrole nitrogens is 1. The number of aryl methyl sites for hydroxylation is 1. The van der Waals surface area contributed by atoms with E-state index < -0.39 is 10.5 Å². The number of hydrogen-bond acceptors (Lipinski definition) is 6. The molecule has 1 heterocycles. The predicted molar refractivity (Wildman–Crippen MR) is 95.0 cm³/mol. The molecule has 1 aromatic heterocycles. The summed E-state index contributed by atoms with van der Waals surface area (Å²) in [6, 6.07) is 13.2. The fourth-order valence-corrected chi connectivity index (χ4v) is 2.38. The average Bonchev–Trinajstić information content (AvgIpc) is 2.94. The molecule has 0 fully saturated rings. The number of azo groups is 1. The number of aromatic amines is 1. The molecule has 0 aliphatic carbocycles. The van der Waals surface area contributed by atoms with Crippen LogP contribution < -0.4 is 10.3 Å². The summed E-state index contributed by atoms with van der Waals surface area (Å²) in [7, 11) is 1.41. The van der Waals surface area contributed by atoms with Gasteiger partial charge in [-0.1, -0.05) is 18.2 Å². The minimum Gasteiger partial charge on any atom is -0.496 e. The minimum atomic E-state index is -0.580. The maximum atomic E-state index is 12.6. The van der Waals surface area contributed by atoms with E-state index in [4.69, 9.17) is 4.74 Å². The summed E-state index contributed by atoms with van der Waals surface area (Å²) in [5.41, 5.74) is 0.607. The molecule has 1 N–H and O–H groups in total. The highest BCUT2D eigenvalue weighted by atomic mass is 16.6. The van der Waals surface area contributed by atoms with E-state index in [9.17, 15) is 14.9 Å². The molecule has 9 heteroatoms. The number of nitro groups is 1. The molecule has 0 saturated carbocycles. The third kappa shape index (κ3) is 3.22. The van der Waals surface area contributed by atoms with E-state index in [2.05, 4.69) is 15.3 Å². The molecule has 9 nitrogen and oxygen atoms in total. The van der Waals surface area contributed by atoms with Crippen molar-refractivity contribution in [3.8, 4) is 11.4 Å². The third-order valence-corrected chi connectivity index (χ3v) is 3.69. The van der Waals surface area contributed by atoms with Gasteiger partial charge in [-0.15, -0.1) is 10.2 Å². The zero-order valence-electron chi connectivity index (χ0n) is 14.0. The Hall–Kier alpha value is -3.75. The van der Waals surface area contributed by atoms with Crippen molar-refractivity contribution in [2.24, 2.45) is 10.2 Å². The van der Waals surface area contributed by atoms with Crippen LogP contribution >= 0.6 is 0 Å². The van der Waals surface area contributed by atoms with Crippen LogP contribution in [0.2, 0.25) is 0 Å². The summed E-state index contributed by atoms with van der Waals surface area (Å²) in [6.45, 7) is 1.68. The number of aromatic nitrogens is 2. The first-order valence-corrected chi connectivity index (χ1v) is 7.62. The Morgan fingerprint density at radius 2 is 1.88 bits per heavy atom. The highest BCUT2D eigenvalue weighted by molar-refractivity contribution is 5.60. The third-order valence-electron chi connectivity index (χ3n) is 3.69. The topological polar surface area (TPSA) is 115 Å². The van der Waals surface area contributed by atoms with E-state index in [1.165, 1.54) is 30.0 Å². The second kappa shape index (κ2) is 7.01. The summed E-state index contributed by atoms with van der Waals surface area (Å²) in [6.07, 6.45) is 0. The summed E-state index contributed by atoms with van der Waals surface area (Å²) in [4.78, 5) is 23.2. The lowest BCUT2D eigenvalue weighted by molar-refractivity contribution is -0.384. The Kier molecular flexibility index (Phi) is 4.61. The largest absolute Gasteiger partial charge is 0.496 e. The minimum absolute atomic E-state index is 0.0297. The quantitative estimate of drug-likeness (QED) is 0.426. The Morgan fingerprint density at radius 1 is 1.15 bits per heavy atom. The summed E-state index contributed by atoms with van der Waals surface area (Å²) < 4.78 is 6.32. The Bertz CT molecular complexity index is 1040. The van der Waals surface area contributed by atoms with Gasteiger partial charge in [0.15, 0.2) is 11.4 Å². The standard InChI is InChI=1S/C17H15N5O4/c1-11-16(17(23)21(20-11)12-6-4-3-5-7-12)19-18-14-9-8-13(26-2)10-15(14)22(24)25/h3-10,20H,1-2H3. The number of nitrogens with one attached hydrogen (secondary N) is 1. The molecular formula is C17H15N5O4. The molecule has 0 radical (unpaired) electrons. The molecule has 0 bridgehead atoms. The first kappa shape index (κ1) is 17.1. The average molecular weight is 353 g/mol. The molecule has 0 spiro atoms. The summed E-state index contributed by atoms with van der Waals surface area (Å²) in [5, 5.41) is 21.9. The normalized spacial score (nSPS) is 11.0. The Balaban J connectivity index is 2.01. The van der Waals surface area contributed by atoms with Crippen LogP contribution in [0.15, 0.2) is 63.6 Å². The van der Waals surface area contributed by atoms with Gasteiger partial charge in [0.2, 0.25) is 0 Å². The first-order valence-electron chi connectivity index (χ1n) is 7.62. The lowest BCUT2D eigenvalue weighted by Crippen LogP contribution is -2.13. The number of methoxy groups -OCH3 is 1. The Morgan fingerprint density at radius 3 is 2.54 bits per heavy atom. The van der Waals surface area contributed by atoms with E-state index in [0.717, 1.165) is 0 Å². The van der Waals surface area contributed by atoms with Crippen LogP contribution in [0, 0.1) is 17.0 Å². The number of para-hydroxylation sites is 1. The molecular weight excluding hydrogens is 338 g/mol. The highest BCUT2D eigenvalue weighted by Gasteiger charge is 2.16. The van der Waals surface area contributed by atoms with Gasteiger partial charge in [0.05, 0.1) is 29.5 Å². The smallest absolute Gasteiger partial charge is 0.300 e. The van der Waals surface area contributed by atoms with Crippen LogP contribution in [0.4, 0.5) is 17.1 Å². The van der Waals surface area contributed by atoms with Gasteiger partial charge in [-0.25, -0.2) is 4.68 Å². The van der Waals surface area contributed by atoms with Gasteiger partial charge < -0.3 is 4.74 Å². The van der Waals surface area contributed by atoms with Gasteiger partial charge in [-0.3, -0.25) is 20.0 Å². The van der Waals surface area contributed by atoms with Crippen molar-refractivity contribution in [1.82, 2.24) is 9.78 Å². The van der Waals surface area contributed by atoms with E-state index >= 15 is 0 Å². The van der Waals surface area contributed by atoms with Crippen molar-refractivity contribution in [2.45, 2.75) is 6.92 Å². The van der Waals surface area contributed by atoms with E-state index in [0.29, 0.717) is 17.1 Å². The number of benzene rings is 2. The highest BCUT2D eigenvalue weighted by Crippen LogP contribution is 2.32. The van der Waals surface area contributed by atoms with Gasteiger partial charge in [0.25, 0.3) is 11.2 Å². The second-order valence-corrected chi connectivity index (χ2v) is 5.37. The van der Waals surface area contributed by atoms with Gasteiger partial charge in [-0.2, -0.15) is 0 Å². The molecule has 0 atom stereocenters. The molecule has 3 rings (SSSR count). The van der Waals surface area contributed by atoms with Crippen LogP contribution in [0.1, 0.15) is 5.69 Å².